The minimum Gasteiger partial charge on any atom is -0.354 e. The topological polar surface area (TPSA) is 86.8 Å². The van der Waals surface area contributed by atoms with Gasteiger partial charge in [-0.2, -0.15) is 0 Å². The summed E-state index contributed by atoms with van der Waals surface area (Å²) in [5, 5.41) is 3.58. The van der Waals surface area contributed by atoms with E-state index in [2.05, 4.69) is 27.9 Å². The van der Waals surface area contributed by atoms with Crippen molar-refractivity contribution in [3.63, 3.8) is 0 Å². The molecule has 0 aliphatic heterocycles. The van der Waals surface area contributed by atoms with Crippen LogP contribution in [0.1, 0.15) is 25.8 Å². The van der Waals surface area contributed by atoms with Gasteiger partial charge in [-0.25, -0.2) is 8.42 Å². The maximum absolute atomic E-state index is 13.8. The first kappa shape index (κ1) is 30.2. The van der Waals surface area contributed by atoms with E-state index in [-0.39, 0.29) is 17.3 Å². The van der Waals surface area contributed by atoms with E-state index in [1.54, 1.807) is 67.6 Å². The first-order valence-corrected chi connectivity index (χ1v) is 15.2. The minimum absolute atomic E-state index is 0.0124. The first-order chi connectivity index (χ1) is 18.0. The number of nitrogens with one attached hydrogen (secondary N) is 1. The van der Waals surface area contributed by atoms with E-state index in [9.17, 15) is 18.0 Å². The fraction of sp³-hybridized carbons (Fsp3) is 0.259. The highest BCUT2D eigenvalue weighted by molar-refractivity contribution is 14.1. The molecule has 3 rings (SSSR count). The first-order valence-electron chi connectivity index (χ1n) is 11.9. The Hall–Kier alpha value is -2.34. The van der Waals surface area contributed by atoms with Gasteiger partial charge in [0.1, 0.15) is 12.6 Å². The molecule has 0 saturated heterocycles. The summed E-state index contributed by atoms with van der Waals surface area (Å²) < 4.78 is 29.4. The summed E-state index contributed by atoms with van der Waals surface area (Å²) in [7, 11) is -4.10. The molecule has 7 nitrogen and oxygen atoms in total. The Bertz CT molecular complexity index is 1370. The van der Waals surface area contributed by atoms with Gasteiger partial charge in [-0.3, -0.25) is 13.9 Å². The lowest BCUT2D eigenvalue weighted by molar-refractivity contribution is -0.139. The molecule has 0 spiro atoms. The van der Waals surface area contributed by atoms with Crippen LogP contribution in [0, 0.1) is 3.57 Å². The number of benzene rings is 3. The van der Waals surface area contributed by atoms with Gasteiger partial charge in [0.15, 0.2) is 0 Å². The van der Waals surface area contributed by atoms with Crippen molar-refractivity contribution >= 4 is 73.3 Å². The number of rotatable bonds is 11. The molecule has 0 fully saturated rings. The van der Waals surface area contributed by atoms with Crippen molar-refractivity contribution in [1.82, 2.24) is 10.2 Å². The Kier molecular flexibility index (Phi) is 10.8. The molecule has 0 bridgehead atoms. The van der Waals surface area contributed by atoms with Crippen molar-refractivity contribution in [2.24, 2.45) is 0 Å². The molecule has 3 aromatic rings. The zero-order valence-corrected chi connectivity index (χ0v) is 25.4. The summed E-state index contributed by atoms with van der Waals surface area (Å²) >= 11 is 14.5. The predicted octanol–water partition coefficient (Wildman–Crippen LogP) is 5.74. The fourth-order valence-corrected chi connectivity index (χ4v) is 5.93. The zero-order valence-electron chi connectivity index (χ0n) is 20.9. The number of nitrogens with zero attached hydrogens (tertiary/aromatic N) is 2. The van der Waals surface area contributed by atoms with Gasteiger partial charge in [-0.1, -0.05) is 54.4 Å². The molecule has 11 heteroatoms. The summed E-state index contributed by atoms with van der Waals surface area (Å²) in [5.74, 6) is -0.912. The molecule has 0 saturated carbocycles. The lowest BCUT2D eigenvalue weighted by Crippen LogP contribution is -2.51. The van der Waals surface area contributed by atoms with Gasteiger partial charge in [0.05, 0.1) is 10.6 Å². The third kappa shape index (κ3) is 7.62. The van der Waals surface area contributed by atoms with Crippen LogP contribution in [0.2, 0.25) is 10.0 Å². The Morgan fingerprint density at radius 1 is 1.00 bits per heavy atom. The van der Waals surface area contributed by atoms with Crippen LogP contribution in [-0.4, -0.2) is 44.3 Å². The van der Waals surface area contributed by atoms with Crippen LogP contribution in [0.3, 0.4) is 0 Å². The molecule has 0 unspecified atom stereocenters. The highest BCUT2D eigenvalue weighted by atomic mass is 127. The smallest absolute Gasteiger partial charge is 0.264 e. The largest absolute Gasteiger partial charge is 0.354 e. The van der Waals surface area contributed by atoms with E-state index in [1.165, 1.54) is 17.0 Å². The summed E-state index contributed by atoms with van der Waals surface area (Å²) in [6.45, 7) is 3.45. The lowest BCUT2D eigenvalue weighted by atomic mass is 10.1. The Morgan fingerprint density at radius 3 is 2.26 bits per heavy atom. The van der Waals surface area contributed by atoms with Crippen molar-refractivity contribution < 1.29 is 18.0 Å². The van der Waals surface area contributed by atoms with Crippen LogP contribution in [0.15, 0.2) is 77.7 Å². The number of carbonyl (C=O) groups excluding carboxylic acids is 2. The SMILES string of the molecule is CCCNC(=O)[C@@H](C)N(Cc1ccc(Cl)cc1Cl)C(=O)CN(c1ccc(I)cc1)S(=O)(=O)c1ccccc1. The molecule has 0 radical (unpaired) electrons. The summed E-state index contributed by atoms with van der Waals surface area (Å²) in [4.78, 5) is 28.1. The second kappa shape index (κ2) is 13.6. The highest BCUT2D eigenvalue weighted by Crippen LogP contribution is 2.27. The van der Waals surface area contributed by atoms with Crippen molar-refractivity contribution in [3.05, 3.63) is 92.0 Å². The Morgan fingerprint density at radius 2 is 1.66 bits per heavy atom. The van der Waals surface area contributed by atoms with Gasteiger partial charge in [-0.15, -0.1) is 0 Å². The van der Waals surface area contributed by atoms with E-state index >= 15 is 0 Å². The average molecular weight is 688 g/mol. The van der Waals surface area contributed by atoms with Crippen LogP contribution in [0.25, 0.3) is 0 Å². The Balaban J connectivity index is 2.02. The van der Waals surface area contributed by atoms with Gasteiger partial charge in [0.2, 0.25) is 11.8 Å². The standard InChI is InChI=1S/C27H28Cl2IN3O4S/c1-3-15-31-27(35)19(2)32(17-20-9-10-21(28)16-25(20)29)26(34)18-33(23-13-11-22(30)12-14-23)38(36,37)24-7-5-4-6-8-24/h4-14,16,19H,3,15,17-18H2,1-2H3,(H,31,35)/t19-/m1/s1. The van der Waals surface area contributed by atoms with Gasteiger partial charge >= 0.3 is 0 Å². The molecule has 3 aromatic carbocycles. The van der Waals surface area contributed by atoms with Crippen LogP contribution in [-0.2, 0) is 26.2 Å². The number of hydrogen-bond donors (Lipinski definition) is 1. The minimum atomic E-state index is -4.10. The third-order valence-corrected chi connectivity index (χ3v) is 8.89. The van der Waals surface area contributed by atoms with Gasteiger partial charge in [0, 0.05) is 26.7 Å². The van der Waals surface area contributed by atoms with Crippen molar-refractivity contribution in [1.29, 1.82) is 0 Å². The number of halogens is 3. The molecular formula is C27H28Cl2IN3O4S. The van der Waals surface area contributed by atoms with E-state index in [4.69, 9.17) is 23.2 Å². The molecule has 0 aromatic heterocycles. The monoisotopic (exact) mass is 687 g/mol. The molecule has 0 aliphatic rings. The molecule has 1 N–H and O–H groups in total. The summed E-state index contributed by atoms with van der Waals surface area (Å²) in [6, 6.07) is 18.7. The number of amides is 2. The summed E-state index contributed by atoms with van der Waals surface area (Å²) in [5.41, 5.74) is 0.904. The molecule has 0 heterocycles. The van der Waals surface area contributed by atoms with Crippen molar-refractivity contribution in [3.8, 4) is 0 Å². The second-order valence-electron chi connectivity index (χ2n) is 8.53. The van der Waals surface area contributed by atoms with Crippen molar-refractivity contribution in [2.45, 2.75) is 37.8 Å². The van der Waals surface area contributed by atoms with E-state index < -0.39 is 28.5 Å². The van der Waals surface area contributed by atoms with Crippen LogP contribution < -0.4 is 9.62 Å². The van der Waals surface area contributed by atoms with Gasteiger partial charge < -0.3 is 10.2 Å². The predicted molar refractivity (Wildman–Crippen MR) is 160 cm³/mol. The average Bonchev–Trinajstić information content (AvgIpc) is 2.90. The number of sulfonamides is 1. The molecule has 0 aliphatic carbocycles. The maximum atomic E-state index is 13.8. The number of hydrogen-bond acceptors (Lipinski definition) is 4. The normalized spacial score (nSPS) is 12.0. The molecule has 38 heavy (non-hydrogen) atoms. The molecule has 202 valence electrons. The molecule has 2 amide bonds. The number of anilines is 1. The van der Waals surface area contributed by atoms with E-state index in [0.717, 1.165) is 14.3 Å². The maximum Gasteiger partial charge on any atom is 0.264 e. The molecular weight excluding hydrogens is 660 g/mol. The van der Waals surface area contributed by atoms with Crippen molar-refractivity contribution in [2.75, 3.05) is 17.4 Å². The van der Waals surface area contributed by atoms with Crippen LogP contribution in [0.5, 0.6) is 0 Å². The second-order valence-corrected chi connectivity index (χ2v) is 12.5. The van der Waals surface area contributed by atoms with E-state index in [0.29, 0.717) is 27.8 Å². The third-order valence-electron chi connectivity index (χ3n) is 5.80. The highest BCUT2D eigenvalue weighted by Gasteiger charge is 2.32. The van der Waals surface area contributed by atoms with E-state index in [1.807, 2.05) is 6.92 Å². The number of carbonyl (C=O) groups is 2. The van der Waals surface area contributed by atoms with Gasteiger partial charge in [-0.05, 0) is 90.0 Å². The lowest BCUT2D eigenvalue weighted by Gasteiger charge is -2.32. The summed E-state index contributed by atoms with van der Waals surface area (Å²) in [6.07, 6.45) is 0.728. The molecule has 1 atom stereocenters. The fourth-order valence-electron chi connectivity index (χ4n) is 3.67. The Labute approximate surface area is 247 Å². The van der Waals surface area contributed by atoms with Gasteiger partial charge in [0.25, 0.3) is 10.0 Å². The quantitative estimate of drug-likeness (QED) is 0.261. The zero-order chi connectivity index (χ0) is 27.9. The van der Waals surface area contributed by atoms with Crippen LogP contribution in [0.4, 0.5) is 5.69 Å². The van der Waals surface area contributed by atoms with Crippen LogP contribution >= 0.6 is 45.8 Å².